The van der Waals surface area contributed by atoms with Crippen LogP contribution in [0.25, 0.3) is 0 Å². The molecule has 3 amide bonds. The first-order valence-electron chi connectivity index (χ1n) is 9.52. The van der Waals surface area contributed by atoms with Gasteiger partial charge in [-0.3, -0.25) is 14.4 Å². The second kappa shape index (κ2) is 11.7. The van der Waals surface area contributed by atoms with E-state index < -0.39 is 11.8 Å². The normalized spacial score (nSPS) is 10.6. The van der Waals surface area contributed by atoms with E-state index in [1.807, 2.05) is 0 Å². The summed E-state index contributed by atoms with van der Waals surface area (Å²) in [5, 5.41) is 9.37. The number of nitrogens with one attached hydrogen (secondary N) is 3. The molecule has 11 heteroatoms. The van der Waals surface area contributed by atoms with E-state index in [9.17, 15) is 14.4 Å². The molecule has 9 nitrogen and oxygen atoms in total. The van der Waals surface area contributed by atoms with E-state index in [0.717, 1.165) is 0 Å². The van der Waals surface area contributed by atoms with Crippen LogP contribution in [-0.2, 0) is 20.9 Å². The average molecular weight is 489 g/mol. The molecule has 1 heterocycles. The van der Waals surface area contributed by atoms with Crippen molar-refractivity contribution in [1.29, 1.82) is 0 Å². The maximum atomic E-state index is 11.9. The first-order valence-corrected chi connectivity index (χ1v) is 10.3. The lowest BCUT2D eigenvalue weighted by Gasteiger charge is -2.07. The number of hydrogen-bond acceptors (Lipinski definition) is 6. The number of amides is 3. The van der Waals surface area contributed by atoms with Crippen LogP contribution in [0.3, 0.4) is 0 Å². The Morgan fingerprint density at radius 3 is 2.48 bits per heavy atom. The summed E-state index contributed by atoms with van der Waals surface area (Å²) in [5.41, 5.74) is 3.08. The zero-order valence-electron chi connectivity index (χ0n) is 17.0. The molecule has 0 spiro atoms. The van der Waals surface area contributed by atoms with Crippen LogP contribution in [-0.4, -0.2) is 30.5 Å². The van der Waals surface area contributed by atoms with E-state index in [-0.39, 0.29) is 24.1 Å². The van der Waals surface area contributed by atoms with Gasteiger partial charge in [-0.15, -0.1) is 0 Å². The van der Waals surface area contributed by atoms with Crippen LogP contribution < -0.4 is 20.8 Å². The van der Waals surface area contributed by atoms with Crippen LogP contribution in [0, 0.1) is 0 Å². The predicted octanol–water partition coefficient (Wildman–Crippen LogP) is 3.37. The standard InChI is InChI=1S/C22H18Cl2N4O5/c23-18-8-5-15(10-19(18)24)27-21(30)22(31)28-26-11-14-3-6-16(7-4-14)33-13-20(29)25-12-17-2-1-9-32-17/h1-11H,12-13H2,(H,25,29)(H,27,30)(H,28,31)/b26-11-. The molecule has 2 aromatic carbocycles. The second-order valence-electron chi connectivity index (χ2n) is 6.50. The first kappa shape index (κ1) is 23.8. The van der Waals surface area contributed by atoms with Crippen molar-refractivity contribution in [2.75, 3.05) is 11.9 Å². The maximum Gasteiger partial charge on any atom is 0.329 e. The van der Waals surface area contributed by atoms with Gasteiger partial charge in [0.05, 0.1) is 29.1 Å². The summed E-state index contributed by atoms with van der Waals surface area (Å²) in [6.07, 6.45) is 2.88. The van der Waals surface area contributed by atoms with Crippen molar-refractivity contribution in [2.45, 2.75) is 6.54 Å². The van der Waals surface area contributed by atoms with Crippen molar-refractivity contribution < 1.29 is 23.5 Å². The molecule has 0 bridgehead atoms. The van der Waals surface area contributed by atoms with Gasteiger partial charge in [0.1, 0.15) is 11.5 Å². The smallest absolute Gasteiger partial charge is 0.329 e. The summed E-state index contributed by atoms with van der Waals surface area (Å²) in [4.78, 5) is 35.6. The van der Waals surface area contributed by atoms with E-state index in [1.54, 1.807) is 36.4 Å². The molecular weight excluding hydrogens is 471 g/mol. The molecule has 3 aromatic rings. The number of rotatable bonds is 8. The highest BCUT2D eigenvalue weighted by atomic mass is 35.5. The Bertz CT molecular complexity index is 1150. The molecule has 0 radical (unpaired) electrons. The van der Waals surface area contributed by atoms with E-state index in [2.05, 4.69) is 21.2 Å². The van der Waals surface area contributed by atoms with Crippen molar-refractivity contribution in [3.8, 4) is 5.75 Å². The molecule has 170 valence electrons. The number of nitrogens with zero attached hydrogens (tertiary/aromatic N) is 1. The number of halogens is 2. The minimum atomic E-state index is -0.960. The Kier molecular flexibility index (Phi) is 8.45. The fourth-order valence-electron chi connectivity index (χ4n) is 2.43. The lowest BCUT2D eigenvalue weighted by atomic mass is 10.2. The number of anilines is 1. The summed E-state index contributed by atoms with van der Waals surface area (Å²) in [5.74, 6) is -1.05. The van der Waals surface area contributed by atoms with Crippen LogP contribution in [0.2, 0.25) is 10.0 Å². The summed E-state index contributed by atoms with van der Waals surface area (Å²) in [6.45, 7) is 0.125. The van der Waals surface area contributed by atoms with Crippen molar-refractivity contribution in [3.63, 3.8) is 0 Å². The third-order valence-electron chi connectivity index (χ3n) is 4.05. The van der Waals surface area contributed by atoms with Crippen LogP contribution in [0.1, 0.15) is 11.3 Å². The van der Waals surface area contributed by atoms with Gasteiger partial charge in [0.15, 0.2) is 6.61 Å². The van der Waals surface area contributed by atoms with Crippen molar-refractivity contribution in [1.82, 2.24) is 10.7 Å². The largest absolute Gasteiger partial charge is 0.484 e. The number of carbonyl (C=O) groups excluding carboxylic acids is 3. The van der Waals surface area contributed by atoms with Gasteiger partial charge in [0.25, 0.3) is 5.91 Å². The zero-order chi connectivity index (χ0) is 23.6. The Morgan fingerprint density at radius 1 is 1.00 bits per heavy atom. The maximum absolute atomic E-state index is 11.9. The van der Waals surface area contributed by atoms with Gasteiger partial charge in [0.2, 0.25) is 0 Å². The minimum Gasteiger partial charge on any atom is -0.484 e. The lowest BCUT2D eigenvalue weighted by Crippen LogP contribution is -2.32. The number of hydrazone groups is 1. The van der Waals surface area contributed by atoms with Crippen molar-refractivity contribution >= 4 is 52.8 Å². The topological polar surface area (TPSA) is 122 Å². The first-order chi connectivity index (χ1) is 15.9. The van der Waals surface area contributed by atoms with Gasteiger partial charge in [-0.05, 0) is 60.2 Å². The fourth-order valence-corrected chi connectivity index (χ4v) is 2.72. The summed E-state index contributed by atoms with van der Waals surface area (Å²) < 4.78 is 10.5. The Morgan fingerprint density at radius 2 is 1.79 bits per heavy atom. The lowest BCUT2D eigenvalue weighted by molar-refractivity contribution is -0.136. The number of hydrogen-bond donors (Lipinski definition) is 3. The number of ether oxygens (including phenoxy) is 1. The third kappa shape index (κ3) is 7.67. The van der Waals surface area contributed by atoms with Gasteiger partial charge >= 0.3 is 11.8 Å². The molecule has 3 rings (SSSR count). The van der Waals surface area contributed by atoms with E-state index in [1.165, 1.54) is 30.7 Å². The Labute approximate surface area is 198 Å². The quantitative estimate of drug-likeness (QED) is 0.255. The van der Waals surface area contributed by atoms with E-state index in [4.69, 9.17) is 32.4 Å². The number of benzene rings is 2. The molecule has 0 aliphatic carbocycles. The molecule has 0 saturated heterocycles. The highest BCUT2D eigenvalue weighted by Gasteiger charge is 2.13. The molecule has 0 fully saturated rings. The Hall–Kier alpha value is -3.82. The zero-order valence-corrected chi connectivity index (χ0v) is 18.5. The molecule has 33 heavy (non-hydrogen) atoms. The van der Waals surface area contributed by atoms with Gasteiger partial charge < -0.3 is 19.8 Å². The van der Waals surface area contributed by atoms with Crippen LogP contribution in [0.5, 0.6) is 5.75 Å². The van der Waals surface area contributed by atoms with Gasteiger partial charge in [-0.1, -0.05) is 23.2 Å². The third-order valence-corrected chi connectivity index (χ3v) is 4.79. The summed E-state index contributed by atoms with van der Waals surface area (Å²) in [7, 11) is 0. The van der Waals surface area contributed by atoms with Crippen molar-refractivity contribution in [2.24, 2.45) is 5.10 Å². The van der Waals surface area contributed by atoms with Gasteiger partial charge in [-0.25, -0.2) is 5.43 Å². The molecule has 0 atom stereocenters. The van der Waals surface area contributed by atoms with Gasteiger partial charge in [-0.2, -0.15) is 5.10 Å². The monoisotopic (exact) mass is 488 g/mol. The highest BCUT2D eigenvalue weighted by Crippen LogP contribution is 2.24. The summed E-state index contributed by atoms with van der Waals surface area (Å²) >= 11 is 11.7. The number of carbonyl (C=O) groups is 3. The molecule has 0 aliphatic rings. The average Bonchev–Trinajstić information content (AvgIpc) is 3.33. The van der Waals surface area contributed by atoms with Crippen LogP contribution >= 0.6 is 23.2 Å². The van der Waals surface area contributed by atoms with Crippen LogP contribution in [0.4, 0.5) is 5.69 Å². The SMILES string of the molecule is O=C(COc1ccc(/C=N\NC(=O)C(=O)Nc2ccc(Cl)c(Cl)c2)cc1)NCc1ccco1. The molecule has 0 saturated carbocycles. The molecule has 0 aliphatic heterocycles. The highest BCUT2D eigenvalue weighted by molar-refractivity contribution is 6.42. The fraction of sp³-hybridized carbons (Fsp3) is 0.0909. The molecular formula is C22H18Cl2N4O5. The van der Waals surface area contributed by atoms with Crippen LogP contribution in [0.15, 0.2) is 70.4 Å². The minimum absolute atomic E-state index is 0.155. The van der Waals surface area contributed by atoms with E-state index >= 15 is 0 Å². The van der Waals surface area contributed by atoms with E-state index in [0.29, 0.717) is 27.8 Å². The Balaban J connectivity index is 1.40. The molecule has 0 unspecified atom stereocenters. The van der Waals surface area contributed by atoms with Gasteiger partial charge in [0, 0.05) is 5.69 Å². The predicted molar refractivity (Wildman–Crippen MR) is 123 cm³/mol. The number of furan rings is 1. The molecule has 3 N–H and O–H groups in total. The molecule has 1 aromatic heterocycles. The second-order valence-corrected chi connectivity index (χ2v) is 7.31. The summed E-state index contributed by atoms with van der Waals surface area (Å²) in [6, 6.07) is 14.5. The van der Waals surface area contributed by atoms with Crippen molar-refractivity contribution in [3.05, 3.63) is 82.2 Å².